The zero-order valence-corrected chi connectivity index (χ0v) is 21.0. The Hall–Kier alpha value is -1.43. The fourth-order valence-electron chi connectivity index (χ4n) is 3.65. The van der Waals surface area contributed by atoms with Gasteiger partial charge in [0, 0.05) is 5.39 Å². The van der Waals surface area contributed by atoms with E-state index in [0.717, 1.165) is 35.8 Å². The predicted octanol–water partition coefficient (Wildman–Crippen LogP) is 7.29. The molecule has 0 fully saturated rings. The molecule has 2 aromatic rings. The second-order valence-electron chi connectivity index (χ2n) is 8.26. The van der Waals surface area contributed by atoms with Crippen molar-refractivity contribution >= 4 is 18.6 Å². The highest BCUT2D eigenvalue weighted by molar-refractivity contribution is 7.47. The summed E-state index contributed by atoms with van der Waals surface area (Å²) in [5, 5.41) is 2.19. The Morgan fingerprint density at radius 3 is 2.06 bits per heavy atom. The van der Waals surface area contributed by atoms with E-state index in [2.05, 4.69) is 6.92 Å². The van der Waals surface area contributed by atoms with E-state index in [0.29, 0.717) is 13.2 Å². The Bertz CT molecular complexity index is 807. The molecular formula is C26H41O6P. The third-order valence-corrected chi connectivity index (χ3v) is 6.49. The number of rotatable bonds is 20. The molecule has 2 aromatic carbocycles. The van der Waals surface area contributed by atoms with Crippen molar-refractivity contribution in [3.05, 3.63) is 42.5 Å². The van der Waals surface area contributed by atoms with Crippen LogP contribution in [0.5, 0.6) is 5.75 Å². The van der Waals surface area contributed by atoms with Crippen LogP contribution in [0.15, 0.2) is 42.5 Å². The molecule has 1 N–H and O–H groups in total. The van der Waals surface area contributed by atoms with Crippen molar-refractivity contribution in [1.29, 1.82) is 0 Å². The molecule has 7 heteroatoms. The summed E-state index contributed by atoms with van der Waals surface area (Å²) in [7, 11) is -4.01. The molecule has 0 saturated heterocycles. The maximum atomic E-state index is 11.9. The predicted molar refractivity (Wildman–Crippen MR) is 134 cm³/mol. The lowest BCUT2D eigenvalue weighted by Gasteiger charge is -2.13. The van der Waals surface area contributed by atoms with Crippen LogP contribution in [-0.2, 0) is 18.3 Å². The van der Waals surface area contributed by atoms with Crippen LogP contribution < -0.4 is 4.74 Å². The number of hydrogen-bond acceptors (Lipinski definition) is 5. The van der Waals surface area contributed by atoms with Crippen LogP contribution >= 0.6 is 7.82 Å². The first-order valence-electron chi connectivity index (χ1n) is 12.4. The number of fused-ring (bicyclic) bond motifs is 1. The van der Waals surface area contributed by atoms with Gasteiger partial charge in [-0.2, -0.15) is 0 Å². The van der Waals surface area contributed by atoms with E-state index in [-0.39, 0.29) is 19.8 Å². The molecule has 0 aliphatic rings. The third-order valence-electron chi connectivity index (χ3n) is 5.47. The highest BCUT2D eigenvalue weighted by Gasteiger charge is 2.20. The number of hydrogen-bond donors (Lipinski definition) is 1. The number of benzene rings is 2. The van der Waals surface area contributed by atoms with Gasteiger partial charge < -0.3 is 14.4 Å². The molecule has 0 aliphatic carbocycles. The van der Waals surface area contributed by atoms with Gasteiger partial charge in [0.15, 0.2) is 0 Å². The Labute approximate surface area is 199 Å². The minimum absolute atomic E-state index is 0.0000760. The first kappa shape index (κ1) is 27.8. The minimum Gasteiger partial charge on any atom is -0.491 e. The molecule has 0 heterocycles. The van der Waals surface area contributed by atoms with Gasteiger partial charge in [-0.25, -0.2) is 4.57 Å². The Balaban J connectivity index is 1.43. The monoisotopic (exact) mass is 480 g/mol. The van der Waals surface area contributed by atoms with Crippen molar-refractivity contribution in [1.82, 2.24) is 0 Å². The molecule has 0 aliphatic heterocycles. The summed E-state index contributed by atoms with van der Waals surface area (Å²) >= 11 is 0. The zero-order chi connectivity index (χ0) is 23.6. The van der Waals surface area contributed by atoms with E-state index < -0.39 is 7.82 Å². The highest BCUT2D eigenvalue weighted by Crippen LogP contribution is 2.43. The Kier molecular flexibility index (Phi) is 14.4. The normalized spacial score (nSPS) is 13.3. The molecule has 0 aromatic heterocycles. The minimum atomic E-state index is -4.01. The SMILES string of the molecule is CCCCCCCCCCCCOP(=O)(O)OCCOCCOc1cccc2ccccc12. The number of phosphoric acid groups is 1. The van der Waals surface area contributed by atoms with Crippen LogP contribution in [0.25, 0.3) is 10.8 Å². The largest absolute Gasteiger partial charge is 0.491 e. The summed E-state index contributed by atoms with van der Waals surface area (Å²) in [4.78, 5) is 9.74. The third kappa shape index (κ3) is 12.6. The fraction of sp³-hybridized carbons (Fsp3) is 0.615. The fourth-order valence-corrected chi connectivity index (χ4v) is 4.39. The number of unbranched alkanes of at least 4 members (excludes halogenated alkanes) is 9. The van der Waals surface area contributed by atoms with Crippen molar-refractivity contribution in [2.45, 2.75) is 71.1 Å². The average molecular weight is 481 g/mol. The second-order valence-corrected chi connectivity index (χ2v) is 9.71. The van der Waals surface area contributed by atoms with E-state index in [1.165, 1.54) is 44.9 Å². The van der Waals surface area contributed by atoms with Crippen molar-refractivity contribution in [3.8, 4) is 5.75 Å². The Morgan fingerprint density at radius 1 is 0.697 bits per heavy atom. The topological polar surface area (TPSA) is 74.2 Å². The molecule has 0 amide bonds. The lowest BCUT2D eigenvalue weighted by Crippen LogP contribution is -2.11. The van der Waals surface area contributed by atoms with E-state index in [1.54, 1.807) is 0 Å². The van der Waals surface area contributed by atoms with Gasteiger partial charge in [-0.3, -0.25) is 9.05 Å². The standard InChI is InChI=1S/C26H41O6P/c1-2-3-4-5-6-7-8-9-10-13-19-31-33(27,28)32-23-21-29-20-22-30-26-18-14-16-24-15-11-12-17-25(24)26/h11-12,14-18H,2-10,13,19-23H2,1H3,(H,27,28). The van der Waals surface area contributed by atoms with Crippen LogP contribution in [0, 0.1) is 0 Å². The summed E-state index contributed by atoms with van der Waals surface area (Å²) in [6.07, 6.45) is 12.0. The second kappa shape index (κ2) is 17.1. The lowest BCUT2D eigenvalue weighted by atomic mass is 10.1. The van der Waals surface area contributed by atoms with Gasteiger partial charge >= 0.3 is 7.82 Å². The van der Waals surface area contributed by atoms with Gasteiger partial charge in [-0.1, -0.05) is 101 Å². The number of phosphoric ester groups is 1. The maximum absolute atomic E-state index is 11.9. The van der Waals surface area contributed by atoms with Gasteiger partial charge in [0.2, 0.25) is 0 Å². The van der Waals surface area contributed by atoms with Gasteiger partial charge in [-0.15, -0.1) is 0 Å². The van der Waals surface area contributed by atoms with Gasteiger partial charge in [0.1, 0.15) is 12.4 Å². The zero-order valence-electron chi connectivity index (χ0n) is 20.1. The van der Waals surface area contributed by atoms with Crippen LogP contribution in [0.4, 0.5) is 0 Å². The average Bonchev–Trinajstić information content (AvgIpc) is 2.82. The van der Waals surface area contributed by atoms with Crippen LogP contribution in [-0.4, -0.2) is 37.9 Å². The first-order valence-corrected chi connectivity index (χ1v) is 13.9. The molecule has 2 rings (SSSR count). The van der Waals surface area contributed by atoms with Crippen molar-refractivity contribution in [3.63, 3.8) is 0 Å². The smallest absolute Gasteiger partial charge is 0.472 e. The van der Waals surface area contributed by atoms with E-state index in [4.69, 9.17) is 18.5 Å². The molecule has 0 bridgehead atoms. The van der Waals surface area contributed by atoms with Gasteiger partial charge in [0.25, 0.3) is 0 Å². The van der Waals surface area contributed by atoms with E-state index in [9.17, 15) is 9.46 Å². The summed E-state index contributed by atoms with van der Waals surface area (Å²) in [6, 6.07) is 14.0. The van der Waals surface area contributed by atoms with E-state index >= 15 is 0 Å². The van der Waals surface area contributed by atoms with Gasteiger partial charge in [0.05, 0.1) is 26.4 Å². The van der Waals surface area contributed by atoms with Crippen LogP contribution in [0.3, 0.4) is 0 Å². The molecule has 0 spiro atoms. The maximum Gasteiger partial charge on any atom is 0.472 e. The summed E-state index contributed by atoms with van der Waals surface area (Å²) in [5.74, 6) is 0.813. The van der Waals surface area contributed by atoms with Crippen LogP contribution in [0.1, 0.15) is 71.1 Å². The first-order chi connectivity index (χ1) is 16.1. The summed E-state index contributed by atoms with van der Waals surface area (Å²) in [6.45, 7) is 3.42. The Morgan fingerprint density at radius 2 is 1.30 bits per heavy atom. The van der Waals surface area contributed by atoms with Crippen molar-refractivity contribution < 1.29 is 28.0 Å². The molecular weight excluding hydrogens is 439 g/mol. The number of ether oxygens (including phenoxy) is 2. The van der Waals surface area contributed by atoms with Gasteiger partial charge in [-0.05, 0) is 17.9 Å². The highest BCUT2D eigenvalue weighted by atomic mass is 31.2. The quantitative estimate of drug-likeness (QED) is 0.158. The molecule has 1 atom stereocenters. The molecule has 186 valence electrons. The van der Waals surface area contributed by atoms with E-state index in [1.807, 2.05) is 42.5 Å². The molecule has 6 nitrogen and oxygen atoms in total. The molecule has 0 saturated carbocycles. The molecule has 1 unspecified atom stereocenters. The molecule has 33 heavy (non-hydrogen) atoms. The van der Waals surface area contributed by atoms with Crippen molar-refractivity contribution in [2.75, 3.05) is 33.0 Å². The lowest BCUT2D eigenvalue weighted by molar-refractivity contribution is 0.0610. The van der Waals surface area contributed by atoms with Crippen molar-refractivity contribution in [2.24, 2.45) is 0 Å². The van der Waals surface area contributed by atoms with Crippen LogP contribution in [0.2, 0.25) is 0 Å². The molecule has 0 radical (unpaired) electrons. The summed E-state index contributed by atoms with van der Waals surface area (Å²) in [5.41, 5.74) is 0. The summed E-state index contributed by atoms with van der Waals surface area (Å²) < 4.78 is 33.1.